The predicted molar refractivity (Wildman–Crippen MR) is 171 cm³/mol. The minimum Gasteiger partial charge on any atom is -0.444 e. The summed E-state index contributed by atoms with van der Waals surface area (Å²) in [5, 5.41) is 5.99. The molecule has 2 unspecified atom stereocenters. The van der Waals surface area contributed by atoms with Gasteiger partial charge in [-0.3, -0.25) is 9.59 Å². The van der Waals surface area contributed by atoms with Crippen LogP contribution in [0.5, 0.6) is 0 Å². The van der Waals surface area contributed by atoms with Crippen molar-refractivity contribution in [1.82, 2.24) is 10.2 Å². The number of benzene rings is 2. The lowest BCUT2D eigenvalue weighted by Gasteiger charge is -2.45. The maximum Gasteiger partial charge on any atom is 0.408 e. The van der Waals surface area contributed by atoms with Gasteiger partial charge in [-0.2, -0.15) is 11.8 Å². The standard InChI is InChI=1S/C33H49N3O4S/c1-12-33(9,10)36(30(38)26(18-19-41-11)34-31(39)40-32(6,7)8)28(25-20-21(2)16-17-22(25)3)29(37)35-27-23(4)14-13-15-24(27)5/h13-17,20,26,28H,12,18-19H2,1-11H3,(H,34,39)(H,35,37). The molecule has 0 saturated heterocycles. The van der Waals surface area contributed by atoms with Gasteiger partial charge in [-0.05, 0) is 109 Å². The lowest BCUT2D eigenvalue weighted by molar-refractivity contribution is -0.147. The Morgan fingerprint density at radius 3 is 2.10 bits per heavy atom. The second-order valence-electron chi connectivity index (χ2n) is 12.4. The molecule has 0 fully saturated rings. The molecule has 2 rings (SSSR count). The molecule has 0 aromatic heterocycles. The topological polar surface area (TPSA) is 87.7 Å². The van der Waals surface area contributed by atoms with Gasteiger partial charge < -0.3 is 20.3 Å². The molecule has 8 heteroatoms. The Bertz CT molecular complexity index is 1220. The third kappa shape index (κ3) is 9.25. The van der Waals surface area contributed by atoms with Gasteiger partial charge in [0, 0.05) is 11.2 Å². The zero-order chi connectivity index (χ0) is 31.1. The van der Waals surface area contributed by atoms with Crippen LogP contribution >= 0.6 is 11.8 Å². The van der Waals surface area contributed by atoms with Crippen LogP contribution in [0, 0.1) is 27.7 Å². The first-order valence-corrected chi connectivity index (χ1v) is 15.7. The van der Waals surface area contributed by atoms with Crippen molar-refractivity contribution in [3.05, 3.63) is 64.2 Å². The molecule has 0 aliphatic rings. The van der Waals surface area contributed by atoms with E-state index in [0.717, 1.165) is 33.5 Å². The number of alkyl carbamates (subject to hydrolysis) is 1. The summed E-state index contributed by atoms with van der Waals surface area (Å²) in [5.41, 5.74) is 3.83. The van der Waals surface area contributed by atoms with Crippen molar-refractivity contribution in [1.29, 1.82) is 0 Å². The fraction of sp³-hybridized carbons (Fsp3) is 0.545. The molecule has 3 amide bonds. The summed E-state index contributed by atoms with van der Waals surface area (Å²) in [7, 11) is 0. The first kappa shape index (κ1) is 34.2. The van der Waals surface area contributed by atoms with Gasteiger partial charge >= 0.3 is 6.09 Å². The number of ether oxygens (including phenoxy) is 1. The SMILES string of the molecule is CCC(C)(C)N(C(=O)C(CCSC)NC(=O)OC(C)(C)C)C(C(=O)Nc1c(C)cccc1C)c1cc(C)ccc1C. The van der Waals surface area contributed by atoms with Gasteiger partial charge in [0.15, 0.2) is 0 Å². The molecular weight excluding hydrogens is 534 g/mol. The first-order chi connectivity index (χ1) is 19.0. The van der Waals surface area contributed by atoms with Crippen molar-refractivity contribution < 1.29 is 19.1 Å². The van der Waals surface area contributed by atoms with E-state index in [4.69, 9.17) is 4.74 Å². The average Bonchev–Trinajstić information content (AvgIpc) is 2.87. The Hall–Kier alpha value is -3.00. The minimum absolute atomic E-state index is 0.299. The van der Waals surface area contributed by atoms with Crippen molar-refractivity contribution >= 4 is 35.4 Å². The van der Waals surface area contributed by atoms with Gasteiger partial charge in [0.05, 0.1) is 0 Å². The number of carbonyl (C=O) groups is 3. The zero-order valence-electron chi connectivity index (χ0n) is 26.7. The van der Waals surface area contributed by atoms with Crippen LogP contribution in [0.15, 0.2) is 36.4 Å². The molecule has 0 heterocycles. The van der Waals surface area contributed by atoms with Gasteiger partial charge in [-0.25, -0.2) is 4.79 Å². The van der Waals surface area contributed by atoms with Crippen molar-refractivity contribution in [2.45, 2.75) is 105 Å². The lowest BCUT2D eigenvalue weighted by atomic mass is 9.89. The normalized spacial score (nSPS) is 13.2. The quantitative estimate of drug-likeness (QED) is 0.291. The summed E-state index contributed by atoms with van der Waals surface area (Å²) in [6, 6.07) is 10.0. The Balaban J connectivity index is 2.73. The molecular formula is C33H49N3O4S. The molecule has 0 spiro atoms. The fourth-order valence-electron chi connectivity index (χ4n) is 4.71. The Morgan fingerprint density at radius 1 is 0.951 bits per heavy atom. The van der Waals surface area contributed by atoms with E-state index in [-0.39, 0.29) is 11.8 Å². The number of hydrogen-bond acceptors (Lipinski definition) is 5. The molecule has 2 aromatic carbocycles. The molecule has 41 heavy (non-hydrogen) atoms. The maximum absolute atomic E-state index is 14.6. The van der Waals surface area contributed by atoms with Gasteiger partial charge in [-0.15, -0.1) is 0 Å². The van der Waals surface area contributed by atoms with Crippen molar-refractivity contribution in [3.63, 3.8) is 0 Å². The highest BCUT2D eigenvalue weighted by Gasteiger charge is 2.43. The highest BCUT2D eigenvalue weighted by molar-refractivity contribution is 7.98. The average molecular weight is 584 g/mol. The van der Waals surface area contributed by atoms with E-state index in [1.165, 1.54) is 0 Å². The number of rotatable bonds is 11. The zero-order valence-corrected chi connectivity index (χ0v) is 27.5. The summed E-state index contributed by atoms with van der Waals surface area (Å²) in [6.07, 6.45) is 2.29. The van der Waals surface area contributed by atoms with Crippen molar-refractivity contribution in [2.24, 2.45) is 0 Å². The third-order valence-electron chi connectivity index (χ3n) is 7.32. The number of anilines is 1. The van der Waals surface area contributed by atoms with Gasteiger partial charge in [0.2, 0.25) is 5.91 Å². The van der Waals surface area contributed by atoms with E-state index in [0.29, 0.717) is 18.6 Å². The summed E-state index contributed by atoms with van der Waals surface area (Å²) in [6.45, 7) is 19.1. The summed E-state index contributed by atoms with van der Waals surface area (Å²) >= 11 is 1.59. The molecule has 2 aromatic rings. The Kier molecular flexibility index (Phi) is 11.9. The van der Waals surface area contributed by atoms with Crippen LogP contribution in [0.4, 0.5) is 10.5 Å². The largest absolute Gasteiger partial charge is 0.444 e. The first-order valence-electron chi connectivity index (χ1n) is 14.3. The van der Waals surface area contributed by atoms with E-state index in [1.54, 1.807) is 37.4 Å². The Labute approximate surface area is 251 Å². The lowest BCUT2D eigenvalue weighted by Crippen LogP contribution is -2.59. The number of nitrogens with one attached hydrogen (secondary N) is 2. The van der Waals surface area contributed by atoms with Crippen molar-refractivity contribution in [3.8, 4) is 0 Å². The highest BCUT2D eigenvalue weighted by atomic mass is 32.2. The molecule has 0 bridgehead atoms. The number of aryl methyl sites for hydroxylation is 4. The Morgan fingerprint density at radius 2 is 1.56 bits per heavy atom. The van der Waals surface area contributed by atoms with Crippen LogP contribution in [0.3, 0.4) is 0 Å². The molecule has 226 valence electrons. The fourth-order valence-corrected chi connectivity index (χ4v) is 5.18. The summed E-state index contributed by atoms with van der Waals surface area (Å²) < 4.78 is 5.52. The van der Waals surface area contributed by atoms with Gasteiger partial charge in [-0.1, -0.05) is 48.9 Å². The van der Waals surface area contributed by atoms with Crippen LogP contribution in [-0.2, 0) is 14.3 Å². The van der Waals surface area contributed by atoms with E-state index in [2.05, 4.69) is 10.6 Å². The molecule has 0 radical (unpaired) electrons. The van der Waals surface area contributed by atoms with Gasteiger partial charge in [0.25, 0.3) is 5.91 Å². The number of thioether (sulfide) groups is 1. The summed E-state index contributed by atoms with van der Waals surface area (Å²) in [4.78, 5) is 43.6. The molecule has 2 N–H and O–H groups in total. The molecule has 0 saturated carbocycles. The second kappa shape index (κ2) is 14.3. The van der Waals surface area contributed by atoms with Crippen LogP contribution < -0.4 is 10.6 Å². The van der Waals surface area contributed by atoms with Crippen molar-refractivity contribution in [2.75, 3.05) is 17.3 Å². The van der Waals surface area contributed by atoms with Crippen LogP contribution in [0.2, 0.25) is 0 Å². The van der Waals surface area contributed by atoms with Crippen LogP contribution in [0.25, 0.3) is 0 Å². The molecule has 0 aliphatic carbocycles. The van der Waals surface area contributed by atoms with E-state index in [1.807, 2.05) is 91.1 Å². The smallest absolute Gasteiger partial charge is 0.408 e. The number of nitrogens with zero attached hydrogens (tertiary/aromatic N) is 1. The van der Waals surface area contributed by atoms with Gasteiger partial charge in [0.1, 0.15) is 17.7 Å². The van der Waals surface area contributed by atoms with Crippen LogP contribution in [0.1, 0.15) is 88.2 Å². The van der Waals surface area contributed by atoms with E-state index < -0.39 is 29.3 Å². The van der Waals surface area contributed by atoms with E-state index >= 15 is 0 Å². The van der Waals surface area contributed by atoms with Crippen LogP contribution in [-0.4, -0.2) is 52.0 Å². The minimum atomic E-state index is -0.937. The number of amides is 3. The summed E-state index contributed by atoms with van der Waals surface area (Å²) in [5.74, 6) is 0.0289. The molecule has 0 aliphatic heterocycles. The monoisotopic (exact) mass is 583 g/mol. The maximum atomic E-state index is 14.6. The second-order valence-corrected chi connectivity index (χ2v) is 13.4. The molecule has 7 nitrogen and oxygen atoms in total. The predicted octanol–water partition coefficient (Wildman–Crippen LogP) is 7.26. The van der Waals surface area contributed by atoms with E-state index in [9.17, 15) is 14.4 Å². The number of carbonyl (C=O) groups excluding carboxylic acids is 3. The highest BCUT2D eigenvalue weighted by Crippen LogP contribution is 2.35. The molecule has 2 atom stereocenters. The number of hydrogen-bond donors (Lipinski definition) is 2. The number of para-hydroxylation sites is 1. The third-order valence-corrected chi connectivity index (χ3v) is 7.96.